The average Bonchev–Trinajstić information content (AvgIpc) is 3.46. The molecule has 210 valence electrons. The van der Waals surface area contributed by atoms with E-state index in [0.29, 0.717) is 18.4 Å². The summed E-state index contributed by atoms with van der Waals surface area (Å²) < 4.78 is 55.6. The fraction of sp³-hybridized carbons (Fsp3) is 0.323. The number of aliphatic hydroxyl groups excluding tert-OH is 2. The molecular formula is C31H29F3O6. The number of hydrogen-bond acceptors (Lipinski definition) is 6. The molecule has 1 aliphatic heterocycles. The molecule has 3 aromatic carbocycles. The molecule has 40 heavy (non-hydrogen) atoms. The molecule has 1 aliphatic carbocycles. The molecule has 1 saturated heterocycles. The van der Waals surface area contributed by atoms with Gasteiger partial charge in [-0.1, -0.05) is 60.7 Å². The van der Waals surface area contributed by atoms with E-state index in [1.54, 1.807) is 18.2 Å². The van der Waals surface area contributed by atoms with Crippen molar-refractivity contribution in [1.29, 1.82) is 0 Å². The van der Waals surface area contributed by atoms with Gasteiger partial charge in [0.2, 0.25) is 0 Å². The molecule has 0 aromatic heterocycles. The topological polar surface area (TPSA) is 85.2 Å². The largest absolute Gasteiger partial charge is 0.491 e. The van der Waals surface area contributed by atoms with Crippen LogP contribution in [0.25, 0.3) is 11.1 Å². The summed E-state index contributed by atoms with van der Waals surface area (Å²) in [5, 5.41) is 20.4. The highest BCUT2D eigenvalue weighted by molar-refractivity contribution is 5.90. The summed E-state index contributed by atoms with van der Waals surface area (Å²) >= 11 is 0. The minimum atomic E-state index is -4.50. The smallest absolute Gasteiger partial charge is 0.416 e. The van der Waals surface area contributed by atoms with Gasteiger partial charge in [-0.25, -0.2) is 4.79 Å². The van der Waals surface area contributed by atoms with E-state index in [2.05, 4.69) is 0 Å². The maximum atomic E-state index is 13.0. The average molecular weight is 555 g/mol. The van der Waals surface area contributed by atoms with Crippen molar-refractivity contribution in [3.05, 3.63) is 102 Å². The van der Waals surface area contributed by atoms with Crippen molar-refractivity contribution in [3.63, 3.8) is 0 Å². The van der Waals surface area contributed by atoms with Crippen LogP contribution in [0, 0.1) is 11.8 Å². The van der Waals surface area contributed by atoms with Crippen molar-refractivity contribution in [1.82, 2.24) is 0 Å². The van der Waals surface area contributed by atoms with Crippen LogP contribution in [-0.2, 0) is 15.7 Å². The Hall–Kier alpha value is -3.66. The number of carbonyl (C=O) groups is 1. The van der Waals surface area contributed by atoms with E-state index in [4.69, 9.17) is 14.2 Å². The van der Waals surface area contributed by atoms with Crippen molar-refractivity contribution in [3.8, 4) is 16.9 Å². The van der Waals surface area contributed by atoms with E-state index in [1.807, 2.05) is 42.5 Å². The van der Waals surface area contributed by atoms with Crippen LogP contribution >= 0.6 is 0 Å². The molecule has 3 aromatic rings. The first-order chi connectivity index (χ1) is 19.2. The lowest BCUT2D eigenvalue weighted by Gasteiger charge is -2.21. The Labute approximate surface area is 229 Å². The van der Waals surface area contributed by atoms with E-state index in [0.717, 1.165) is 23.3 Å². The van der Waals surface area contributed by atoms with E-state index in [1.165, 1.54) is 18.2 Å². The molecule has 2 aliphatic rings. The molecule has 2 fully saturated rings. The highest BCUT2D eigenvalue weighted by atomic mass is 19.4. The van der Waals surface area contributed by atoms with Crippen molar-refractivity contribution >= 4 is 5.97 Å². The van der Waals surface area contributed by atoms with Crippen LogP contribution in [0.5, 0.6) is 5.75 Å². The van der Waals surface area contributed by atoms with Crippen LogP contribution in [0.2, 0.25) is 0 Å². The van der Waals surface area contributed by atoms with Gasteiger partial charge in [0.1, 0.15) is 24.6 Å². The predicted octanol–water partition coefficient (Wildman–Crippen LogP) is 5.64. The van der Waals surface area contributed by atoms with E-state index >= 15 is 0 Å². The van der Waals surface area contributed by atoms with E-state index in [9.17, 15) is 28.2 Å². The van der Waals surface area contributed by atoms with Crippen LogP contribution in [0.15, 0.2) is 91.0 Å². The van der Waals surface area contributed by atoms with Crippen LogP contribution < -0.4 is 4.74 Å². The number of halogens is 3. The molecule has 2 N–H and O–H groups in total. The number of esters is 1. The quantitative estimate of drug-likeness (QED) is 0.277. The van der Waals surface area contributed by atoms with Crippen LogP contribution in [0.1, 0.15) is 28.8 Å². The lowest BCUT2D eigenvalue weighted by atomic mass is 9.91. The summed E-state index contributed by atoms with van der Waals surface area (Å²) in [6.45, 7) is -0.268. The SMILES string of the molecule is O=C(O[C@@H]1CC2OC(O)C[C@@H]2[C@H]1C=C[C@@H](O)COc1cccc(C(F)(F)F)c1)c1ccc(-c2ccccc2)cc1. The van der Waals surface area contributed by atoms with Gasteiger partial charge in [0, 0.05) is 18.8 Å². The molecular weight excluding hydrogens is 525 g/mol. The fourth-order valence-corrected chi connectivity index (χ4v) is 5.32. The van der Waals surface area contributed by atoms with E-state index < -0.39 is 36.2 Å². The van der Waals surface area contributed by atoms with Gasteiger partial charge < -0.3 is 24.4 Å². The maximum Gasteiger partial charge on any atom is 0.416 e. The van der Waals surface area contributed by atoms with Crippen molar-refractivity contribution in [2.24, 2.45) is 11.8 Å². The summed E-state index contributed by atoms with van der Waals surface area (Å²) in [7, 11) is 0. The highest BCUT2D eigenvalue weighted by Gasteiger charge is 2.50. The van der Waals surface area contributed by atoms with Gasteiger partial charge >= 0.3 is 12.1 Å². The summed E-state index contributed by atoms with van der Waals surface area (Å²) in [5.41, 5.74) is 1.56. The number of carbonyl (C=O) groups excluding carboxylic acids is 1. The van der Waals surface area contributed by atoms with Crippen LogP contribution in [0.3, 0.4) is 0 Å². The molecule has 1 saturated carbocycles. The summed E-state index contributed by atoms with van der Waals surface area (Å²) in [5.74, 6) is -0.962. The van der Waals surface area contributed by atoms with Gasteiger partial charge in [-0.15, -0.1) is 0 Å². The first-order valence-electron chi connectivity index (χ1n) is 13.0. The first kappa shape index (κ1) is 27.9. The second kappa shape index (κ2) is 11.8. The normalized spacial score (nSPS) is 25.1. The standard InChI is InChI=1S/C31H29F3O6/c32-31(33,34)22-7-4-8-24(15-22)38-18-23(35)13-14-25-26-16-29(36)39-28(26)17-27(25)40-30(37)21-11-9-20(10-12-21)19-5-2-1-3-6-19/h1-15,23,25-29,35-36H,16-18H2/t23-,25-,26-,27-,28?,29?/m1/s1. The lowest BCUT2D eigenvalue weighted by molar-refractivity contribution is -0.137. The highest BCUT2D eigenvalue weighted by Crippen LogP contribution is 2.45. The maximum absolute atomic E-state index is 13.0. The second-order valence-corrected chi connectivity index (χ2v) is 10.0. The Morgan fingerprint density at radius 3 is 2.45 bits per heavy atom. The van der Waals surface area contributed by atoms with Crippen LogP contribution in [0.4, 0.5) is 13.2 Å². The molecule has 0 amide bonds. The second-order valence-electron chi connectivity index (χ2n) is 10.0. The molecule has 0 radical (unpaired) electrons. The summed E-state index contributed by atoms with van der Waals surface area (Å²) in [4.78, 5) is 13.0. The van der Waals surface area contributed by atoms with Gasteiger partial charge in [-0.05, 0) is 47.4 Å². The van der Waals surface area contributed by atoms with Crippen molar-refractivity contribution in [2.45, 2.75) is 43.6 Å². The van der Waals surface area contributed by atoms with Crippen LogP contribution in [-0.4, -0.2) is 47.4 Å². The Morgan fingerprint density at radius 1 is 1.00 bits per heavy atom. The minimum absolute atomic E-state index is 0.0133. The first-order valence-corrected chi connectivity index (χ1v) is 13.0. The van der Waals surface area contributed by atoms with Gasteiger partial charge in [-0.3, -0.25) is 0 Å². The Bertz CT molecular complexity index is 1320. The van der Waals surface area contributed by atoms with Gasteiger partial charge in [0.15, 0.2) is 6.29 Å². The molecule has 2 unspecified atom stereocenters. The molecule has 5 rings (SSSR count). The predicted molar refractivity (Wildman–Crippen MR) is 140 cm³/mol. The third kappa shape index (κ3) is 6.55. The number of benzene rings is 3. The number of fused-ring (bicyclic) bond motifs is 1. The van der Waals surface area contributed by atoms with Gasteiger partial charge in [-0.2, -0.15) is 13.2 Å². The third-order valence-corrected chi connectivity index (χ3v) is 7.30. The third-order valence-electron chi connectivity index (χ3n) is 7.30. The molecule has 0 bridgehead atoms. The van der Waals surface area contributed by atoms with Gasteiger partial charge in [0.25, 0.3) is 0 Å². The zero-order chi connectivity index (χ0) is 28.3. The van der Waals surface area contributed by atoms with Crippen molar-refractivity contribution in [2.75, 3.05) is 6.61 Å². The number of hydrogen-bond donors (Lipinski definition) is 2. The number of ether oxygens (including phenoxy) is 3. The molecule has 6 atom stereocenters. The summed E-state index contributed by atoms with van der Waals surface area (Å²) in [6, 6.07) is 21.3. The number of rotatable bonds is 8. The lowest BCUT2D eigenvalue weighted by Crippen LogP contribution is -2.26. The zero-order valence-electron chi connectivity index (χ0n) is 21.4. The molecule has 0 spiro atoms. The number of aliphatic hydroxyl groups is 2. The fourth-order valence-electron chi connectivity index (χ4n) is 5.32. The Morgan fingerprint density at radius 2 is 1.73 bits per heavy atom. The number of alkyl halides is 3. The Kier molecular flexibility index (Phi) is 8.25. The Balaban J connectivity index is 1.23. The van der Waals surface area contributed by atoms with E-state index in [-0.39, 0.29) is 30.3 Å². The minimum Gasteiger partial charge on any atom is -0.491 e. The monoisotopic (exact) mass is 554 g/mol. The zero-order valence-corrected chi connectivity index (χ0v) is 21.4. The molecule has 6 nitrogen and oxygen atoms in total. The van der Waals surface area contributed by atoms with Crippen molar-refractivity contribution < 1.29 is 42.4 Å². The summed E-state index contributed by atoms with van der Waals surface area (Å²) in [6.07, 6.45) is -3.45. The molecule has 9 heteroatoms. The van der Waals surface area contributed by atoms with Gasteiger partial charge in [0.05, 0.1) is 17.2 Å². The molecule has 1 heterocycles.